The van der Waals surface area contributed by atoms with Crippen LogP contribution in [0.15, 0.2) is 24.3 Å². The first kappa shape index (κ1) is 16.5. The van der Waals surface area contributed by atoms with Gasteiger partial charge in [0.05, 0.1) is 12.0 Å². The number of para-hydroxylation sites is 1. The fourth-order valence-electron chi connectivity index (χ4n) is 1.66. The van der Waals surface area contributed by atoms with Crippen molar-refractivity contribution in [3.8, 4) is 0 Å². The number of hydrogen-bond donors (Lipinski definition) is 1. The summed E-state index contributed by atoms with van der Waals surface area (Å²) in [5, 5.41) is 10.8. The Bertz CT molecular complexity index is 467. The zero-order chi connectivity index (χ0) is 15.0. The number of rotatable bonds is 8. The fourth-order valence-corrected chi connectivity index (χ4v) is 2.65. The lowest BCUT2D eigenvalue weighted by molar-refractivity contribution is -0.385. The summed E-state index contributed by atoms with van der Waals surface area (Å²) in [6, 6.07) is 6.12. The molecule has 0 aromatic heterocycles. The van der Waals surface area contributed by atoms with E-state index in [0.29, 0.717) is 12.8 Å². The highest BCUT2D eigenvalue weighted by molar-refractivity contribution is 7.99. The van der Waals surface area contributed by atoms with Crippen molar-refractivity contribution in [3.05, 3.63) is 39.9 Å². The van der Waals surface area contributed by atoms with E-state index in [0.717, 1.165) is 17.1 Å². The fraction of sp³-hybridized carbons (Fsp3) is 0.462. The minimum absolute atomic E-state index is 0.152. The van der Waals surface area contributed by atoms with Crippen LogP contribution in [0.2, 0.25) is 0 Å². The van der Waals surface area contributed by atoms with E-state index in [9.17, 15) is 14.9 Å². The van der Waals surface area contributed by atoms with Gasteiger partial charge in [-0.3, -0.25) is 14.9 Å². The molecule has 20 heavy (non-hydrogen) atoms. The average molecular weight is 298 g/mol. The first-order valence-electron chi connectivity index (χ1n) is 6.19. The molecule has 1 rings (SSSR count). The molecule has 0 amide bonds. The predicted molar refractivity (Wildman–Crippen MR) is 78.7 cm³/mol. The van der Waals surface area contributed by atoms with Crippen LogP contribution in [0.4, 0.5) is 5.69 Å². The van der Waals surface area contributed by atoms with E-state index in [1.165, 1.54) is 13.2 Å². The third-order valence-corrected chi connectivity index (χ3v) is 3.80. The summed E-state index contributed by atoms with van der Waals surface area (Å²) >= 11 is 1.61. The van der Waals surface area contributed by atoms with Gasteiger partial charge in [0.1, 0.15) is 6.04 Å². The zero-order valence-corrected chi connectivity index (χ0v) is 12.1. The van der Waals surface area contributed by atoms with Gasteiger partial charge in [-0.15, -0.1) is 0 Å². The second-order valence-electron chi connectivity index (χ2n) is 4.17. The largest absolute Gasteiger partial charge is 0.468 e. The molecule has 1 aromatic rings. The van der Waals surface area contributed by atoms with Crippen molar-refractivity contribution in [3.63, 3.8) is 0 Å². The van der Waals surface area contributed by atoms with Crippen LogP contribution < -0.4 is 5.73 Å². The Kier molecular flexibility index (Phi) is 7.03. The number of aryl methyl sites for hydroxylation is 1. The molecule has 1 unspecified atom stereocenters. The van der Waals surface area contributed by atoms with E-state index in [1.807, 2.05) is 0 Å². The molecular weight excluding hydrogens is 280 g/mol. The van der Waals surface area contributed by atoms with Gasteiger partial charge in [-0.25, -0.2) is 0 Å². The summed E-state index contributed by atoms with van der Waals surface area (Å²) < 4.78 is 4.53. The van der Waals surface area contributed by atoms with E-state index in [4.69, 9.17) is 5.73 Å². The molecule has 0 aliphatic rings. The Hall–Kier alpha value is -1.60. The van der Waals surface area contributed by atoms with Crippen molar-refractivity contribution < 1.29 is 14.5 Å². The summed E-state index contributed by atoms with van der Waals surface area (Å²) in [7, 11) is 1.31. The van der Waals surface area contributed by atoms with Gasteiger partial charge < -0.3 is 10.5 Å². The summed E-state index contributed by atoms with van der Waals surface area (Å²) in [5.41, 5.74) is 6.48. The number of carbonyl (C=O) groups is 1. The van der Waals surface area contributed by atoms with Gasteiger partial charge in [0, 0.05) is 11.6 Å². The number of carbonyl (C=O) groups excluding carboxylic acids is 1. The molecule has 6 nitrogen and oxygen atoms in total. The van der Waals surface area contributed by atoms with Gasteiger partial charge in [-0.2, -0.15) is 11.8 Å². The summed E-state index contributed by atoms with van der Waals surface area (Å²) in [6.45, 7) is 0. The number of methoxy groups -OCH3 is 1. The predicted octanol–water partition coefficient (Wildman–Crippen LogP) is 1.76. The lowest BCUT2D eigenvalue weighted by Gasteiger charge is -2.08. The number of ether oxygens (including phenoxy) is 1. The van der Waals surface area contributed by atoms with Crippen molar-refractivity contribution in [2.75, 3.05) is 18.6 Å². The molecule has 0 aliphatic carbocycles. The van der Waals surface area contributed by atoms with Crippen LogP contribution in [-0.2, 0) is 16.0 Å². The quantitative estimate of drug-likeness (QED) is 0.340. The summed E-state index contributed by atoms with van der Waals surface area (Å²) in [6.07, 6.45) is 1.16. The first-order valence-corrected chi connectivity index (χ1v) is 7.35. The van der Waals surface area contributed by atoms with E-state index < -0.39 is 12.0 Å². The van der Waals surface area contributed by atoms with E-state index >= 15 is 0 Å². The Morgan fingerprint density at radius 2 is 2.15 bits per heavy atom. The number of benzene rings is 1. The average Bonchev–Trinajstić information content (AvgIpc) is 2.46. The van der Waals surface area contributed by atoms with Gasteiger partial charge in [0.2, 0.25) is 0 Å². The number of hydrogen-bond acceptors (Lipinski definition) is 6. The normalized spacial score (nSPS) is 11.9. The van der Waals surface area contributed by atoms with Crippen LogP contribution in [0.3, 0.4) is 0 Å². The Morgan fingerprint density at radius 1 is 1.45 bits per heavy atom. The SMILES string of the molecule is COC(=O)C(N)CCSCCc1ccccc1[N+](=O)[O-]. The van der Waals surface area contributed by atoms with Crippen LogP contribution in [-0.4, -0.2) is 35.5 Å². The van der Waals surface area contributed by atoms with E-state index in [1.54, 1.807) is 30.0 Å². The highest BCUT2D eigenvalue weighted by Crippen LogP contribution is 2.19. The van der Waals surface area contributed by atoms with Gasteiger partial charge in [0.15, 0.2) is 0 Å². The third-order valence-electron chi connectivity index (χ3n) is 2.78. The number of nitro groups is 1. The summed E-state index contributed by atoms with van der Waals surface area (Å²) in [4.78, 5) is 21.6. The molecule has 1 atom stereocenters. The highest BCUT2D eigenvalue weighted by Gasteiger charge is 2.14. The van der Waals surface area contributed by atoms with Gasteiger partial charge >= 0.3 is 5.97 Å². The van der Waals surface area contributed by atoms with E-state index in [-0.39, 0.29) is 10.6 Å². The lowest BCUT2D eigenvalue weighted by atomic mass is 10.1. The number of esters is 1. The van der Waals surface area contributed by atoms with Crippen molar-refractivity contribution in [1.82, 2.24) is 0 Å². The van der Waals surface area contributed by atoms with Crippen molar-refractivity contribution in [2.45, 2.75) is 18.9 Å². The van der Waals surface area contributed by atoms with Crippen LogP contribution in [0.5, 0.6) is 0 Å². The standard InChI is InChI=1S/C13H18N2O4S/c1-19-13(16)11(14)7-9-20-8-6-10-4-2-3-5-12(10)15(17)18/h2-5,11H,6-9,14H2,1H3. The van der Waals surface area contributed by atoms with Gasteiger partial charge in [-0.05, 0) is 24.3 Å². The van der Waals surface area contributed by atoms with E-state index in [2.05, 4.69) is 4.74 Å². The van der Waals surface area contributed by atoms with Crippen LogP contribution >= 0.6 is 11.8 Å². The molecule has 0 saturated heterocycles. The minimum Gasteiger partial charge on any atom is -0.468 e. The highest BCUT2D eigenvalue weighted by atomic mass is 32.2. The van der Waals surface area contributed by atoms with Crippen molar-refractivity contribution in [1.29, 1.82) is 0 Å². The second kappa shape index (κ2) is 8.55. The summed E-state index contributed by atoms with van der Waals surface area (Å²) in [5.74, 6) is 1.06. The molecule has 0 saturated carbocycles. The molecule has 2 N–H and O–H groups in total. The van der Waals surface area contributed by atoms with Crippen LogP contribution in [0.1, 0.15) is 12.0 Å². The number of nitrogens with zero attached hydrogens (tertiary/aromatic N) is 1. The molecule has 0 heterocycles. The molecule has 0 aliphatic heterocycles. The van der Waals surface area contributed by atoms with Gasteiger partial charge in [0.25, 0.3) is 5.69 Å². The number of nitrogens with two attached hydrogens (primary N) is 1. The minimum atomic E-state index is -0.599. The molecule has 0 fully saturated rings. The van der Waals surface area contributed by atoms with Crippen LogP contribution in [0.25, 0.3) is 0 Å². The van der Waals surface area contributed by atoms with Gasteiger partial charge in [-0.1, -0.05) is 18.2 Å². The third kappa shape index (κ3) is 5.18. The molecule has 110 valence electrons. The monoisotopic (exact) mass is 298 g/mol. The molecule has 0 spiro atoms. The molecule has 0 radical (unpaired) electrons. The molecule has 0 bridgehead atoms. The van der Waals surface area contributed by atoms with Crippen molar-refractivity contribution >= 4 is 23.4 Å². The molecule has 7 heteroatoms. The second-order valence-corrected chi connectivity index (χ2v) is 5.39. The Morgan fingerprint density at radius 3 is 2.80 bits per heavy atom. The molecular formula is C13H18N2O4S. The van der Waals surface area contributed by atoms with Crippen LogP contribution in [0, 0.1) is 10.1 Å². The number of thioether (sulfide) groups is 1. The zero-order valence-electron chi connectivity index (χ0n) is 11.3. The maximum atomic E-state index is 11.1. The topological polar surface area (TPSA) is 95.5 Å². The maximum Gasteiger partial charge on any atom is 0.322 e. The maximum absolute atomic E-state index is 11.1. The smallest absolute Gasteiger partial charge is 0.322 e. The number of nitro benzene ring substituents is 1. The molecule has 1 aromatic carbocycles. The first-order chi connectivity index (χ1) is 9.56. The lowest BCUT2D eigenvalue weighted by Crippen LogP contribution is -2.32. The van der Waals surface area contributed by atoms with Crippen molar-refractivity contribution in [2.24, 2.45) is 5.73 Å². The Labute approximate surface area is 121 Å². The Balaban J connectivity index is 2.32.